The van der Waals surface area contributed by atoms with Crippen LogP contribution in [0.15, 0.2) is 18.2 Å². The molecule has 2 aliphatic carbocycles. The maximum Gasteiger partial charge on any atom is 0.0409 e. The van der Waals surface area contributed by atoms with E-state index in [0.717, 1.165) is 11.4 Å². The van der Waals surface area contributed by atoms with Crippen molar-refractivity contribution in [3.05, 3.63) is 34.3 Å². The normalized spacial score (nSPS) is 26.2. The predicted octanol–water partition coefficient (Wildman–Crippen LogP) is 3.64. The topological polar surface area (TPSA) is 26.0 Å². The standard InChI is InChI=1S/C14H18ClN/c15-12-5-4-10-2-1-3-11(13(10)8-12)9-14(16)6-7-14/h4-5,8,11H,1-3,6-7,9,16H2. The van der Waals surface area contributed by atoms with Crippen molar-refractivity contribution in [1.82, 2.24) is 0 Å². The minimum atomic E-state index is 0.154. The highest BCUT2D eigenvalue weighted by atomic mass is 35.5. The molecule has 0 spiro atoms. The molecule has 1 unspecified atom stereocenters. The molecule has 1 aromatic rings. The molecule has 0 amide bonds. The zero-order chi connectivity index (χ0) is 11.2. The van der Waals surface area contributed by atoms with E-state index >= 15 is 0 Å². The first-order valence-corrected chi connectivity index (χ1v) is 6.61. The van der Waals surface area contributed by atoms with Crippen LogP contribution in [0, 0.1) is 0 Å². The van der Waals surface area contributed by atoms with Crippen LogP contribution >= 0.6 is 11.6 Å². The maximum absolute atomic E-state index is 6.24. The second kappa shape index (κ2) is 3.75. The number of aryl methyl sites for hydroxylation is 1. The number of hydrogen-bond donors (Lipinski definition) is 1. The van der Waals surface area contributed by atoms with Gasteiger partial charge in [-0.25, -0.2) is 0 Å². The molecule has 2 heteroatoms. The van der Waals surface area contributed by atoms with Gasteiger partial charge in [0.1, 0.15) is 0 Å². The van der Waals surface area contributed by atoms with E-state index in [9.17, 15) is 0 Å². The number of rotatable bonds is 2. The van der Waals surface area contributed by atoms with Gasteiger partial charge in [0.25, 0.3) is 0 Å². The number of fused-ring (bicyclic) bond motifs is 1. The lowest BCUT2D eigenvalue weighted by atomic mass is 9.79. The van der Waals surface area contributed by atoms with Crippen LogP contribution in [0.1, 0.15) is 49.1 Å². The highest BCUT2D eigenvalue weighted by molar-refractivity contribution is 6.30. The third kappa shape index (κ3) is 1.99. The van der Waals surface area contributed by atoms with E-state index in [0.29, 0.717) is 5.92 Å². The summed E-state index contributed by atoms with van der Waals surface area (Å²) in [6.45, 7) is 0. The van der Waals surface area contributed by atoms with Crippen molar-refractivity contribution in [2.45, 2.75) is 50.0 Å². The first-order valence-electron chi connectivity index (χ1n) is 6.24. The third-order valence-electron chi connectivity index (χ3n) is 4.09. The first-order chi connectivity index (χ1) is 7.66. The Morgan fingerprint density at radius 1 is 1.38 bits per heavy atom. The highest BCUT2D eigenvalue weighted by Crippen LogP contribution is 2.45. The van der Waals surface area contributed by atoms with Gasteiger partial charge in [-0.15, -0.1) is 0 Å². The van der Waals surface area contributed by atoms with Crippen molar-refractivity contribution in [1.29, 1.82) is 0 Å². The van der Waals surface area contributed by atoms with Crippen molar-refractivity contribution >= 4 is 11.6 Å². The summed E-state index contributed by atoms with van der Waals surface area (Å²) in [5.41, 5.74) is 9.35. The van der Waals surface area contributed by atoms with Gasteiger partial charge in [0.05, 0.1) is 0 Å². The molecule has 0 bridgehead atoms. The summed E-state index contributed by atoms with van der Waals surface area (Å²) in [4.78, 5) is 0. The van der Waals surface area contributed by atoms with Crippen molar-refractivity contribution < 1.29 is 0 Å². The number of halogens is 1. The molecular weight excluding hydrogens is 218 g/mol. The smallest absolute Gasteiger partial charge is 0.0409 e. The Hall–Kier alpha value is -0.530. The molecule has 0 saturated heterocycles. The van der Waals surface area contributed by atoms with Crippen LogP contribution in [0.2, 0.25) is 5.02 Å². The summed E-state index contributed by atoms with van der Waals surface area (Å²) in [5, 5.41) is 0.868. The lowest BCUT2D eigenvalue weighted by Gasteiger charge is -2.28. The monoisotopic (exact) mass is 235 g/mol. The molecule has 0 radical (unpaired) electrons. The Morgan fingerprint density at radius 3 is 2.94 bits per heavy atom. The van der Waals surface area contributed by atoms with E-state index in [1.807, 2.05) is 6.07 Å². The third-order valence-corrected chi connectivity index (χ3v) is 4.33. The van der Waals surface area contributed by atoms with E-state index in [1.165, 1.54) is 43.2 Å². The van der Waals surface area contributed by atoms with Crippen LogP contribution < -0.4 is 5.73 Å². The summed E-state index contributed by atoms with van der Waals surface area (Å²) in [6, 6.07) is 6.37. The number of nitrogens with two attached hydrogens (primary N) is 1. The zero-order valence-electron chi connectivity index (χ0n) is 9.51. The van der Waals surface area contributed by atoms with Crippen LogP contribution in [-0.2, 0) is 6.42 Å². The van der Waals surface area contributed by atoms with Crippen LogP contribution in [0.5, 0.6) is 0 Å². The summed E-state index contributed by atoms with van der Waals surface area (Å²) < 4.78 is 0. The Morgan fingerprint density at radius 2 is 2.19 bits per heavy atom. The lowest BCUT2D eigenvalue weighted by Crippen LogP contribution is -2.26. The number of hydrogen-bond acceptors (Lipinski definition) is 1. The van der Waals surface area contributed by atoms with Gasteiger partial charge in [0.15, 0.2) is 0 Å². The first kappa shape index (κ1) is 10.6. The fourth-order valence-electron chi connectivity index (χ4n) is 2.94. The summed E-state index contributed by atoms with van der Waals surface area (Å²) >= 11 is 6.10. The Balaban J connectivity index is 1.89. The van der Waals surface area contributed by atoms with E-state index in [-0.39, 0.29) is 5.54 Å². The van der Waals surface area contributed by atoms with Gasteiger partial charge in [0.2, 0.25) is 0 Å². The van der Waals surface area contributed by atoms with Crippen LogP contribution in [0.3, 0.4) is 0 Å². The van der Waals surface area contributed by atoms with Crippen LogP contribution in [0.25, 0.3) is 0 Å². The second-order valence-corrected chi connectivity index (χ2v) is 5.94. The number of benzene rings is 1. The molecule has 1 fully saturated rings. The molecule has 86 valence electrons. The SMILES string of the molecule is NC1(CC2CCCc3ccc(Cl)cc32)CC1. The second-order valence-electron chi connectivity index (χ2n) is 5.50. The zero-order valence-corrected chi connectivity index (χ0v) is 10.3. The van der Waals surface area contributed by atoms with Gasteiger partial charge >= 0.3 is 0 Å². The maximum atomic E-state index is 6.24. The van der Waals surface area contributed by atoms with Gasteiger partial charge in [-0.2, -0.15) is 0 Å². The fourth-order valence-corrected chi connectivity index (χ4v) is 3.12. The average molecular weight is 236 g/mol. The average Bonchev–Trinajstić information content (AvgIpc) is 2.97. The van der Waals surface area contributed by atoms with E-state index in [4.69, 9.17) is 17.3 Å². The van der Waals surface area contributed by atoms with Gasteiger partial charge in [-0.1, -0.05) is 17.7 Å². The molecule has 0 aliphatic heterocycles. The van der Waals surface area contributed by atoms with Gasteiger partial charge in [-0.3, -0.25) is 0 Å². The summed E-state index contributed by atoms with van der Waals surface area (Å²) in [7, 11) is 0. The Bertz CT molecular complexity index is 409. The van der Waals surface area contributed by atoms with Gasteiger partial charge < -0.3 is 5.73 Å². The largest absolute Gasteiger partial charge is 0.325 e. The quantitative estimate of drug-likeness (QED) is 0.832. The van der Waals surface area contributed by atoms with Crippen LogP contribution in [-0.4, -0.2) is 5.54 Å². The van der Waals surface area contributed by atoms with Crippen molar-refractivity contribution in [3.63, 3.8) is 0 Å². The Labute approximate surface area is 102 Å². The van der Waals surface area contributed by atoms with E-state index in [1.54, 1.807) is 0 Å². The molecule has 3 rings (SSSR count). The van der Waals surface area contributed by atoms with Crippen molar-refractivity contribution in [2.24, 2.45) is 5.73 Å². The minimum Gasteiger partial charge on any atom is -0.325 e. The molecule has 1 nitrogen and oxygen atoms in total. The molecule has 0 heterocycles. The molecule has 16 heavy (non-hydrogen) atoms. The van der Waals surface area contributed by atoms with E-state index < -0.39 is 0 Å². The van der Waals surface area contributed by atoms with Crippen molar-refractivity contribution in [3.8, 4) is 0 Å². The molecule has 1 saturated carbocycles. The molecule has 1 atom stereocenters. The van der Waals surface area contributed by atoms with E-state index in [2.05, 4.69) is 12.1 Å². The molecular formula is C14H18ClN. The molecule has 2 N–H and O–H groups in total. The van der Waals surface area contributed by atoms with Crippen LogP contribution in [0.4, 0.5) is 0 Å². The Kier molecular flexibility index (Phi) is 2.49. The summed E-state index contributed by atoms with van der Waals surface area (Å²) in [5.74, 6) is 0.648. The molecule has 0 aromatic heterocycles. The van der Waals surface area contributed by atoms with Gasteiger partial charge in [0, 0.05) is 10.6 Å². The minimum absolute atomic E-state index is 0.154. The highest BCUT2D eigenvalue weighted by Gasteiger charge is 2.40. The molecule has 1 aromatic carbocycles. The predicted molar refractivity (Wildman–Crippen MR) is 67.9 cm³/mol. The fraction of sp³-hybridized carbons (Fsp3) is 0.571. The van der Waals surface area contributed by atoms with Crippen molar-refractivity contribution in [2.75, 3.05) is 0 Å². The lowest BCUT2D eigenvalue weighted by molar-refractivity contribution is 0.459. The van der Waals surface area contributed by atoms with Gasteiger partial charge in [-0.05, 0) is 67.7 Å². The summed E-state index contributed by atoms with van der Waals surface area (Å²) in [6.07, 6.45) is 7.36. The molecule has 2 aliphatic rings.